The van der Waals surface area contributed by atoms with Crippen molar-refractivity contribution < 1.29 is 27.2 Å². The van der Waals surface area contributed by atoms with Crippen LogP contribution in [0, 0.1) is 12.7 Å². The molecule has 1 aromatic heterocycles. The van der Waals surface area contributed by atoms with Gasteiger partial charge in [0.05, 0.1) is 17.8 Å². The predicted octanol–water partition coefficient (Wildman–Crippen LogP) is 6.44. The lowest BCUT2D eigenvalue weighted by Crippen LogP contribution is -2.45. The summed E-state index contributed by atoms with van der Waals surface area (Å²) in [6.07, 6.45) is -3.29. The molecule has 0 unspecified atom stereocenters. The van der Waals surface area contributed by atoms with Crippen molar-refractivity contribution in [3.63, 3.8) is 0 Å². The van der Waals surface area contributed by atoms with Gasteiger partial charge in [-0.05, 0) is 66.6 Å². The molecule has 0 radical (unpaired) electrons. The highest BCUT2D eigenvalue weighted by Gasteiger charge is 2.37. The third kappa shape index (κ3) is 6.42. The summed E-state index contributed by atoms with van der Waals surface area (Å²) >= 11 is 1.50. The second-order valence-electron chi connectivity index (χ2n) is 8.74. The molecule has 2 aromatic carbocycles. The number of aryl methyl sites for hydroxylation is 1. The zero-order chi connectivity index (χ0) is 25.9. The first kappa shape index (κ1) is 25.7. The van der Waals surface area contributed by atoms with Crippen molar-refractivity contribution in [3.05, 3.63) is 87.4 Å². The van der Waals surface area contributed by atoms with Crippen molar-refractivity contribution in [1.82, 2.24) is 9.80 Å². The number of halogens is 4. The average Bonchev–Trinajstić information content (AvgIpc) is 3.59. The molecule has 0 atom stereocenters. The number of rotatable bonds is 8. The maximum atomic E-state index is 13.4. The van der Waals surface area contributed by atoms with E-state index >= 15 is 0 Å². The van der Waals surface area contributed by atoms with E-state index in [9.17, 15) is 27.2 Å². The Kier molecular flexibility index (Phi) is 7.63. The van der Waals surface area contributed by atoms with E-state index in [1.165, 1.54) is 46.6 Å². The number of alkyl halides is 3. The zero-order valence-corrected chi connectivity index (χ0v) is 20.3. The molecule has 1 aliphatic carbocycles. The van der Waals surface area contributed by atoms with Crippen LogP contribution in [0.5, 0.6) is 0 Å². The van der Waals surface area contributed by atoms with Crippen LogP contribution in [0.2, 0.25) is 0 Å². The largest absolute Gasteiger partial charge is 0.418 e. The number of urea groups is 1. The molecular formula is C26H25F4N3O2S. The Bertz CT molecular complexity index is 1220. The molecule has 3 aromatic rings. The lowest BCUT2D eigenvalue weighted by Gasteiger charge is -2.28. The molecule has 3 amide bonds. The number of carbonyl (C=O) groups excluding carboxylic acids is 2. The fraction of sp³-hybridized carbons (Fsp3) is 0.308. The van der Waals surface area contributed by atoms with E-state index in [1.54, 1.807) is 17.0 Å². The quantitative estimate of drug-likeness (QED) is 0.348. The number of hydrogen-bond donors (Lipinski definition) is 1. The number of nitrogens with one attached hydrogen (secondary N) is 1. The van der Waals surface area contributed by atoms with E-state index in [2.05, 4.69) is 5.32 Å². The molecule has 0 aliphatic heterocycles. The highest BCUT2D eigenvalue weighted by Crippen LogP contribution is 2.35. The minimum atomic E-state index is -4.63. The maximum absolute atomic E-state index is 13.4. The monoisotopic (exact) mass is 519 g/mol. The first-order chi connectivity index (χ1) is 17.1. The molecule has 36 heavy (non-hydrogen) atoms. The Morgan fingerprint density at radius 2 is 1.72 bits per heavy atom. The van der Waals surface area contributed by atoms with Gasteiger partial charge in [-0.25, -0.2) is 9.18 Å². The molecule has 1 saturated carbocycles. The molecule has 4 rings (SSSR count). The summed E-state index contributed by atoms with van der Waals surface area (Å²) in [5.74, 6) is -0.736. The van der Waals surface area contributed by atoms with Crippen LogP contribution in [0.25, 0.3) is 0 Å². The maximum Gasteiger partial charge on any atom is 0.418 e. The molecule has 190 valence electrons. The highest BCUT2D eigenvalue weighted by atomic mass is 32.1. The van der Waals surface area contributed by atoms with Gasteiger partial charge in [0.15, 0.2) is 0 Å². The summed E-state index contributed by atoms with van der Waals surface area (Å²) < 4.78 is 53.5. The fourth-order valence-corrected chi connectivity index (χ4v) is 4.73. The van der Waals surface area contributed by atoms with Crippen LogP contribution in [0.4, 0.5) is 28.0 Å². The van der Waals surface area contributed by atoms with Gasteiger partial charge >= 0.3 is 12.2 Å². The summed E-state index contributed by atoms with van der Waals surface area (Å²) in [4.78, 5) is 30.3. The average molecular weight is 520 g/mol. The Morgan fingerprint density at radius 3 is 2.33 bits per heavy atom. The second kappa shape index (κ2) is 10.7. The van der Waals surface area contributed by atoms with Crippen molar-refractivity contribution in [2.24, 2.45) is 0 Å². The zero-order valence-electron chi connectivity index (χ0n) is 19.5. The minimum absolute atomic E-state index is 0.202. The van der Waals surface area contributed by atoms with Crippen molar-refractivity contribution in [2.75, 3.05) is 11.9 Å². The van der Waals surface area contributed by atoms with Gasteiger partial charge in [-0.3, -0.25) is 4.79 Å². The minimum Gasteiger partial charge on any atom is -0.332 e. The molecule has 10 heteroatoms. The molecule has 5 nitrogen and oxygen atoms in total. The number of anilines is 1. The van der Waals surface area contributed by atoms with Crippen LogP contribution in [-0.4, -0.2) is 34.3 Å². The Morgan fingerprint density at radius 1 is 1.03 bits per heavy atom. The van der Waals surface area contributed by atoms with Gasteiger partial charge in [0.2, 0.25) is 5.91 Å². The van der Waals surface area contributed by atoms with E-state index < -0.39 is 17.8 Å². The molecule has 1 heterocycles. The molecule has 1 N–H and O–H groups in total. The van der Waals surface area contributed by atoms with Crippen LogP contribution in [-0.2, 0) is 24.1 Å². The summed E-state index contributed by atoms with van der Waals surface area (Å²) in [5.41, 5.74) is 0.440. The van der Waals surface area contributed by atoms with Gasteiger partial charge in [0, 0.05) is 17.5 Å². The van der Waals surface area contributed by atoms with Crippen LogP contribution >= 0.6 is 11.3 Å². The number of amides is 3. The lowest BCUT2D eigenvalue weighted by atomic mass is 10.1. The van der Waals surface area contributed by atoms with Crippen molar-refractivity contribution in [2.45, 2.75) is 45.1 Å². The van der Waals surface area contributed by atoms with Gasteiger partial charge in [-0.2, -0.15) is 13.2 Å². The summed E-state index contributed by atoms with van der Waals surface area (Å²) in [6.45, 7) is 2.16. The molecule has 0 bridgehead atoms. The summed E-state index contributed by atoms with van der Waals surface area (Å²) in [6, 6.07) is 11.5. The number of thiophene rings is 1. The van der Waals surface area contributed by atoms with Crippen LogP contribution in [0.3, 0.4) is 0 Å². The van der Waals surface area contributed by atoms with E-state index in [1.807, 2.05) is 18.4 Å². The first-order valence-electron chi connectivity index (χ1n) is 11.4. The number of para-hydroxylation sites is 1. The standard InChI is InChI=1S/C26H25F4N3O2S/c1-17-12-13-36-23(17)15-32(14-18-6-8-19(27)9-7-18)24(34)16-33(20-10-11-20)25(35)31-22-5-3-2-4-21(22)26(28,29)30/h2-9,12-13,20H,10-11,14-16H2,1H3,(H,31,35). The van der Waals surface area contributed by atoms with E-state index in [4.69, 9.17) is 0 Å². The van der Waals surface area contributed by atoms with Gasteiger partial charge in [-0.1, -0.05) is 24.3 Å². The predicted molar refractivity (Wildman–Crippen MR) is 130 cm³/mol. The number of carbonyl (C=O) groups is 2. The molecule has 0 spiro atoms. The molecule has 1 fully saturated rings. The van der Waals surface area contributed by atoms with Gasteiger partial charge in [0.25, 0.3) is 0 Å². The van der Waals surface area contributed by atoms with Gasteiger partial charge in [-0.15, -0.1) is 11.3 Å². The SMILES string of the molecule is Cc1ccsc1CN(Cc1ccc(F)cc1)C(=O)CN(C(=O)Nc1ccccc1C(F)(F)F)C1CC1. The van der Waals surface area contributed by atoms with Crippen molar-refractivity contribution >= 4 is 29.0 Å². The van der Waals surface area contributed by atoms with Crippen LogP contribution < -0.4 is 5.32 Å². The van der Waals surface area contributed by atoms with Crippen LogP contribution in [0.1, 0.15) is 34.4 Å². The number of benzene rings is 2. The molecular weight excluding hydrogens is 494 g/mol. The third-order valence-electron chi connectivity index (χ3n) is 5.97. The Labute approximate surface area is 210 Å². The molecule has 0 saturated heterocycles. The summed E-state index contributed by atoms with van der Waals surface area (Å²) in [7, 11) is 0. The van der Waals surface area contributed by atoms with Gasteiger partial charge < -0.3 is 15.1 Å². The smallest absolute Gasteiger partial charge is 0.332 e. The normalized spacial score (nSPS) is 13.4. The van der Waals surface area contributed by atoms with Gasteiger partial charge in [0.1, 0.15) is 12.4 Å². The summed E-state index contributed by atoms with van der Waals surface area (Å²) in [5, 5.41) is 4.27. The van der Waals surface area contributed by atoms with Crippen LogP contribution in [0.15, 0.2) is 60.0 Å². The third-order valence-corrected chi connectivity index (χ3v) is 6.98. The second-order valence-corrected chi connectivity index (χ2v) is 9.74. The topological polar surface area (TPSA) is 52.7 Å². The van der Waals surface area contributed by atoms with E-state index in [0.717, 1.165) is 22.1 Å². The Hall–Kier alpha value is -3.40. The first-order valence-corrected chi connectivity index (χ1v) is 12.3. The Balaban J connectivity index is 1.52. The fourth-order valence-electron chi connectivity index (χ4n) is 3.81. The van der Waals surface area contributed by atoms with E-state index in [0.29, 0.717) is 19.4 Å². The highest BCUT2D eigenvalue weighted by molar-refractivity contribution is 7.10. The van der Waals surface area contributed by atoms with E-state index in [-0.39, 0.29) is 36.5 Å². The van der Waals surface area contributed by atoms with Crippen molar-refractivity contribution in [3.8, 4) is 0 Å². The number of hydrogen-bond acceptors (Lipinski definition) is 3. The number of nitrogens with zero attached hydrogens (tertiary/aromatic N) is 2. The molecule has 1 aliphatic rings. The lowest BCUT2D eigenvalue weighted by molar-refractivity contribution is -0.137. The van der Waals surface area contributed by atoms with Crippen molar-refractivity contribution in [1.29, 1.82) is 0 Å².